The first-order chi connectivity index (χ1) is 14.3. The fourth-order valence-corrected chi connectivity index (χ4v) is 4.54. The van der Waals surface area contributed by atoms with Crippen LogP contribution in [0.15, 0.2) is 11.1 Å². The average Bonchev–Trinajstić information content (AvgIpc) is 3.10. The molecular weight excluding hydrogens is 415 g/mol. The van der Waals surface area contributed by atoms with E-state index in [0.29, 0.717) is 31.8 Å². The number of methoxy groups -OCH3 is 1. The van der Waals surface area contributed by atoms with Crippen LogP contribution in [0.4, 0.5) is 5.95 Å². The molecule has 2 heterocycles. The lowest BCUT2D eigenvalue weighted by atomic mass is 10.3. The van der Waals surface area contributed by atoms with E-state index in [4.69, 9.17) is 19.5 Å². The minimum absolute atomic E-state index is 0.00571. The number of rotatable bonds is 13. The van der Waals surface area contributed by atoms with Gasteiger partial charge in [-0.1, -0.05) is 0 Å². The van der Waals surface area contributed by atoms with Crippen molar-refractivity contribution in [3.63, 3.8) is 0 Å². The molecule has 0 fully saturated rings. The molecule has 0 aliphatic carbocycles. The molecule has 3 N–H and O–H groups in total. The largest absolute Gasteiger partial charge is 0.469 e. The van der Waals surface area contributed by atoms with E-state index in [2.05, 4.69) is 15.0 Å². The number of esters is 1. The smallest absolute Gasteiger partial charge is 0.331 e. The summed E-state index contributed by atoms with van der Waals surface area (Å²) < 4.78 is 29.8. The third-order valence-corrected chi connectivity index (χ3v) is 6.40. The van der Waals surface area contributed by atoms with Gasteiger partial charge in [0.2, 0.25) is 5.95 Å². The third kappa shape index (κ3) is 6.63. The Bertz CT molecular complexity index is 934. The molecule has 2 aromatic rings. The summed E-state index contributed by atoms with van der Waals surface area (Å²) in [6, 6.07) is 0. The van der Waals surface area contributed by atoms with E-state index in [1.807, 2.05) is 4.90 Å². The van der Waals surface area contributed by atoms with Crippen molar-refractivity contribution in [2.45, 2.75) is 26.8 Å². The number of nitrogens with one attached hydrogen (secondary N) is 1. The molecule has 0 atom stereocenters. The normalized spacial score (nSPS) is 12.0. The SMILES string of the molecule is CCOP(=O)(CCN(CCC(=O)OC)CCn1cnc2c(=O)[nH]c(N)nc21)OCC. The van der Waals surface area contributed by atoms with Gasteiger partial charge in [-0.05, 0) is 13.8 Å². The van der Waals surface area contributed by atoms with Gasteiger partial charge in [-0.25, -0.2) is 4.98 Å². The highest BCUT2D eigenvalue weighted by Gasteiger charge is 2.24. The second-order valence-corrected chi connectivity index (χ2v) is 8.58. The van der Waals surface area contributed by atoms with Gasteiger partial charge in [0.05, 0.1) is 39.2 Å². The number of aromatic amines is 1. The first-order valence-corrected chi connectivity index (χ1v) is 11.4. The zero-order valence-corrected chi connectivity index (χ0v) is 18.4. The number of aromatic nitrogens is 4. The number of anilines is 1. The van der Waals surface area contributed by atoms with Gasteiger partial charge in [0.1, 0.15) is 0 Å². The number of hydrogen-bond acceptors (Lipinski definition) is 10. The third-order valence-electron chi connectivity index (χ3n) is 4.35. The summed E-state index contributed by atoms with van der Waals surface area (Å²) in [5, 5.41) is 0. The van der Waals surface area contributed by atoms with E-state index >= 15 is 0 Å². The van der Waals surface area contributed by atoms with Gasteiger partial charge < -0.3 is 29.0 Å². The Kier molecular flexibility index (Phi) is 8.97. The Labute approximate surface area is 174 Å². The van der Waals surface area contributed by atoms with Gasteiger partial charge in [0.25, 0.3) is 5.56 Å². The fourth-order valence-electron chi connectivity index (χ4n) is 2.89. The zero-order valence-electron chi connectivity index (χ0n) is 17.5. The van der Waals surface area contributed by atoms with E-state index < -0.39 is 13.2 Å². The molecule has 30 heavy (non-hydrogen) atoms. The number of nitrogen functional groups attached to an aromatic ring is 1. The van der Waals surface area contributed by atoms with Crippen molar-refractivity contribution in [3.8, 4) is 0 Å². The lowest BCUT2D eigenvalue weighted by Crippen LogP contribution is -2.33. The van der Waals surface area contributed by atoms with Crippen LogP contribution >= 0.6 is 7.60 Å². The van der Waals surface area contributed by atoms with E-state index in [1.54, 1.807) is 18.4 Å². The Balaban J connectivity index is 2.10. The van der Waals surface area contributed by atoms with Crippen molar-refractivity contribution in [1.82, 2.24) is 24.4 Å². The number of nitrogens with two attached hydrogens (primary N) is 1. The van der Waals surface area contributed by atoms with Crippen LogP contribution in [0.2, 0.25) is 0 Å². The predicted octanol–water partition coefficient (Wildman–Crippen LogP) is 0.833. The molecule has 2 rings (SSSR count). The van der Waals surface area contributed by atoms with Crippen LogP contribution in [0.3, 0.4) is 0 Å². The number of imidazole rings is 1. The monoisotopic (exact) mass is 444 g/mol. The van der Waals surface area contributed by atoms with Crippen molar-refractivity contribution in [2.75, 3.05) is 51.9 Å². The Morgan fingerprint density at radius 3 is 2.60 bits per heavy atom. The highest BCUT2D eigenvalue weighted by Crippen LogP contribution is 2.47. The van der Waals surface area contributed by atoms with E-state index in [9.17, 15) is 14.2 Å². The van der Waals surface area contributed by atoms with Gasteiger partial charge in [-0.2, -0.15) is 4.98 Å². The van der Waals surface area contributed by atoms with Crippen molar-refractivity contribution >= 4 is 30.7 Å². The molecule has 0 unspecified atom stereocenters. The molecular formula is C17H29N6O6P. The molecule has 0 spiro atoms. The van der Waals surface area contributed by atoms with Gasteiger partial charge in [0.15, 0.2) is 11.2 Å². The maximum atomic E-state index is 12.8. The van der Waals surface area contributed by atoms with Gasteiger partial charge in [-0.3, -0.25) is 19.1 Å². The Hall–Kier alpha value is -2.27. The Morgan fingerprint density at radius 1 is 1.27 bits per heavy atom. The molecule has 0 aliphatic heterocycles. The van der Waals surface area contributed by atoms with Gasteiger partial charge >= 0.3 is 13.6 Å². The van der Waals surface area contributed by atoms with Crippen LogP contribution in [0.25, 0.3) is 11.2 Å². The molecule has 13 heteroatoms. The number of carbonyl (C=O) groups is 1. The van der Waals surface area contributed by atoms with Crippen LogP contribution in [0, 0.1) is 0 Å². The maximum Gasteiger partial charge on any atom is 0.331 e. The van der Waals surface area contributed by atoms with Gasteiger partial charge in [-0.15, -0.1) is 0 Å². The molecule has 0 bridgehead atoms. The van der Waals surface area contributed by atoms with Crippen molar-refractivity contribution < 1.29 is 23.1 Å². The summed E-state index contributed by atoms with van der Waals surface area (Å²) in [5.41, 5.74) is 5.79. The lowest BCUT2D eigenvalue weighted by Gasteiger charge is -2.24. The summed E-state index contributed by atoms with van der Waals surface area (Å²) in [6.07, 6.45) is 1.88. The lowest BCUT2D eigenvalue weighted by molar-refractivity contribution is -0.140. The molecule has 0 saturated carbocycles. The van der Waals surface area contributed by atoms with Crippen LogP contribution in [-0.2, 0) is 29.7 Å². The first kappa shape index (κ1) is 24.0. The van der Waals surface area contributed by atoms with Gasteiger partial charge in [0, 0.05) is 26.2 Å². The molecule has 0 aromatic carbocycles. The minimum atomic E-state index is -3.21. The van der Waals surface area contributed by atoms with Crippen molar-refractivity contribution in [1.29, 1.82) is 0 Å². The number of carbonyl (C=O) groups excluding carboxylic acids is 1. The average molecular weight is 444 g/mol. The standard InChI is InChI=1S/C17H29N6O6P/c1-4-28-30(26,29-5-2)11-10-22(7-6-13(24)27-3)8-9-23-12-19-14-15(23)20-17(18)21-16(14)25/h12H,4-11H2,1-3H3,(H3,18,20,21,25). The second kappa shape index (κ2) is 11.2. The molecule has 0 saturated heterocycles. The summed E-state index contributed by atoms with van der Waals surface area (Å²) >= 11 is 0. The van der Waals surface area contributed by atoms with Crippen molar-refractivity contribution in [3.05, 3.63) is 16.7 Å². The quantitative estimate of drug-likeness (QED) is 0.335. The van der Waals surface area contributed by atoms with Crippen LogP contribution in [0.1, 0.15) is 20.3 Å². The first-order valence-electron chi connectivity index (χ1n) is 9.69. The maximum absolute atomic E-state index is 12.8. The highest BCUT2D eigenvalue weighted by atomic mass is 31.2. The molecule has 168 valence electrons. The molecule has 0 amide bonds. The van der Waals surface area contributed by atoms with Crippen LogP contribution in [-0.4, -0.2) is 76.5 Å². The fraction of sp³-hybridized carbons (Fsp3) is 0.647. The summed E-state index contributed by atoms with van der Waals surface area (Å²) in [7, 11) is -1.89. The minimum Gasteiger partial charge on any atom is -0.469 e. The second-order valence-electron chi connectivity index (χ2n) is 6.40. The zero-order chi connectivity index (χ0) is 22.1. The topological polar surface area (TPSA) is 155 Å². The van der Waals surface area contributed by atoms with Crippen LogP contribution in [0.5, 0.6) is 0 Å². The number of hydrogen-bond donors (Lipinski definition) is 2. The van der Waals surface area contributed by atoms with E-state index in [0.717, 1.165) is 0 Å². The van der Waals surface area contributed by atoms with E-state index in [1.165, 1.54) is 13.4 Å². The number of H-pyrrole nitrogens is 1. The number of ether oxygens (including phenoxy) is 1. The van der Waals surface area contributed by atoms with E-state index in [-0.39, 0.29) is 43.2 Å². The predicted molar refractivity (Wildman–Crippen MR) is 111 cm³/mol. The molecule has 0 radical (unpaired) electrons. The van der Waals surface area contributed by atoms with Crippen LogP contribution < -0.4 is 11.3 Å². The summed E-state index contributed by atoms with van der Waals surface area (Å²) in [4.78, 5) is 36.1. The highest BCUT2D eigenvalue weighted by molar-refractivity contribution is 7.53. The molecule has 2 aromatic heterocycles. The summed E-state index contributed by atoms with van der Waals surface area (Å²) in [6.45, 7) is 5.77. The number of fused-ring (bicyclic) bond motifs is 1. The summed E-state index contributed by atoms with van der Waals surface area (Å²) in [5.74, 6) is -0.335. The molecule has 0 aliphatic rings. The number of nitrogens with zero attached hydrogens (tertiary/aromatic N) is 4. The Morgan fingerprint density at radius 2 is 1.97 bits per heavy atom. The van der Waals surface area contributed by atoms with Crippen molar-refractivity contribution in [2.24, 2.45) is 0 Å². The molecule has 12 nitrogen and oxygen atoms in total.